The Labute approximate surface area is 179 Å². The molecule has 0 spiro atoms. The number of carbonyl (C=O) groups is 1. The van der Waals surface area contributed by atoms with E-state index >= 15 is 0 Å². The molecule has 9 heteroatoms. The van der Waals surface area contributed by atoms with Crippen LogP contribution in [0.25, 0.3) is 0 Å². The zero-order valence-corrected chi connectivity index (χ0v) is 17.8. The summed E-state index contributed by atoms with van der Waals surface area (Å²) in [5.41, 5.74) is 2.06. The van der Waals surface area contributed by atoms with Gasteiger partial charge < -0.3 is 20.6 Å². The number of allylic oxidation sites excluding steroid dienone is 2. The highest BCUT2D eigenvalue weighted by molar-refractivity contribution is 6.41. The third kappa shape index (κ3) is 5.01. The number of hydrogen-bond acceptors (Lipinski definition) is 7. The average Bonchev–Trinajstić information content (AvgIpc) is 2.96. The van der Waals surface area contributed by atoms with Crippen molar-refractivity contribution >= 4 is 41.0 Å². The normalized spacial score (nSPS) is 26.2. The fourth-order valence-corrected chi connectivity index (χ4v) is 3.51. The second-order valence-electron chi connectivity index (χ2n) is 7.24. The lowest BCUT2D eigenvalue weighted by Gasteiger charge is -2.20. The first-order chi connectivity index (χ1) is 14.3. The highest BCUT2D eigenvalue weighted by Crippen LogP contribution is 2.31. The Morgan fingerprint density at radius 1 is 1.43 bits per heavy atom. The number of carbonyl (C=O) groups excluding carboxylic acids is 1. The summed E-state index contributed by atoms with van der Waals surface area (Å²) in [5, 5.41) is 20.9. The summed E-state index contributed by atoms with van der Waals surface area (Å²) in [6, 6.07) is 6.98. The molecule has 1 aromatic carbocycles. The standard InChI is InChI=1S/C21H24ClN5O3/c1-11-12(2)19(13(10-24-3)7-17-20(28)27-21(29)25-17)26-18(9-16(11)23)30-15-6-4-5-14(22)8-15/h4-6,8,10-12,21,23,29H,7,9H2,1-3H3,(H,27,28)/b19-13+,23-16?,24-10?. The van der Waals surface area contributed by atoms with Crippen LogP contribution in [-0.4, -0.2) is 47.9 Å². The van der Waals surface area contributed by atoms with Gasteiger partial charge in [0, 0.05) is 42.3 Å². The molecule has 0 bridgehead atoms. The number of benzene rings is 1. The molecule has 1 aromatic rings. The molecule has 3 unspecified atom stereocenters. The lowest BCUT2D eigenvalue weighted by atomic mass is 9.86. The van der Waals surface area contributed by atoms with Crippen LogP contribution in [0.4, 0.5) is 0 Å². The molecule has 0 fully saturated rings. The van der Waals surface area contributed by atoms with E-state index in [9.17, 15) is 9.90 Å². The Bertz CT molecular complexity index is 983. The maximum Gasteiger partial charge on any atom is 0.269 e. The number of nitrogens with zero attached hydrogens (tertiary/aromatic N) is 3. The summed E-state index contributed by atoms with van der Waals surface area (Å²) in [7, 11) is 1.63. The molecule has 0 saturated carbocycles. The van der Waals surface area contributed by atoms with Gasteiger partial charge in [-0.3, -0.25) is 9.79 Å². The van der Waals surface area contributed by atoms with Gasteiger partial charge in [-0.05, 0) is 23.8 Å². The Balaban J connectivity index is 2.04. The quantitative estimate of drug-likeness (QED) is 0.638. The molecule has 0 aromatic heterocycles. The lowest BCUT2D eigenvalue weighted by Crippen LogP contribution is -2.29. The number of amides is 1. The molecule has 158 valence electrons. The first-order valence-corrected chi connectivity index (χ1v) is 9.95. The van der Waals surface area contributed by atoms with Crippen molar-refractivity contribution in [1.82, 2.24) is 5.32 Å². The van der Waals surface area contributed by atoms with Gasteiger partial charge in [-0.25, -0.2) is 9.98 Å². The van der Waals surface area contributed by atoms with Gasteiger partial charge >= 0.3 is 0 Å². The van der Waals surface area contributed by atoms with E-state index in [2.05, 4.69) is 15.3 Å². The summed E-state index contributed by atoms with van der Waals surface area (Å²) < 4.78 is 5.95. The predicted molar refractivity (Wildman–Crippen MR) is 118 cm³/mol. The number of aliphatic imine (C=N–C) groups is 3. The van der Waals surface area contributed by atoms with E-state index < -0.39 is 12.3 Å². The maximum absolute atomic E-state index is 12.0. The van der Waals surface area contributed by atoms with Crippen LogP contribution in [0.3, 0.4) is 0 Å². The van der Waals surface area contributed by atoms with Crippen LogP contribution in [0.2, 0.25) is 5.02 Å². The van der Waals surface area contributed by atoms with E-state index in [4.69, 9.17) is 26.7 Å². The highest BCUT2D eigenvalue weighted by Gasteiger charge is 2.30. The van der Waals surface area contributed by atoms with Gasteiger partial charge in [0.25, 0.3) is 5.91 Å². The smallest absolute Gasteiger partial charge is 0.269 e. The van der Waals surface area contributed by atoms with Crippen LogP contribution < -0.4 is 10.1 Å². The Morgan fingerprint density at radius 2 is 2.20 bits per heavy atom. The Morgan fingerprint density at radius 3 is 2.83 bits per heavy atom. The van der Waals surface area contributed by atoms with Gasteiger partial charge in [-0.1, -0.05) is 31.5 Å². The molecule has 30 heavy (non-hydrogen) atoms. The van der Waals surface area contributed by atoms with Gasteiger partial charge in [-0.2, -0.15) is 0 Å². The molecule has 0 aliphatic carbocycles. The molecule has 1 amide bonds. The molecule has 3 rings (SSSR count). The summed E-state index contributed by atoms with van der Waals surface area (Å²) in [4.78, 5) is 24.8. The number of halogens is 1. The lowest BCUT2D eigenvalue weighted by molar-refractivity contribution is -0.116. The van der Waals surface area contributed by atoms with Gasteiger partial charge in [0.2, 0.25) is 12.2 Å². The van der Waals surface area contributed by atoms with Gasteiger partial charge in [0.05, 0.1) is 12.1 Å². The molecule has 8 nitrogen and oxygen atoms in total. The number of nitrogens with one attached hydrogen (secondary N) is 2. The van der Waals surface area contributed by atoms with Crippen LogP contribution in [0.15, 0.2) is 50.5 Å². The molecule has 3 atom stereocenters. The average molecular weight is 430 g/mol. The maximum atomic E-state index is 12.0. The SMILES string of the molecule is CN=C/C(CC1=NC(O)NC1=O)=C1/N=C(Oc2cccc(Cl)c2)CC(=N)C(C)C1C. The molecule has 0 saturated heterocycles. The number of ether oxygens (including phenoxy) is 1. The molecule has 2 aliphatic rings. The van der Waals surface area contributed by atoms with Gasteiger partial charge in [0.15, 0.2) is 0 Å². The van der Waals surface area contributed by atoms with Crippen molar-refractivity contribution in [1.29, 1.82) is 5.41 Å². The van der Waals surface area contributed by atoms with Crippen molar-refractivity contribution in [3.63, 3.8) is 0 Å². The Hall–Kier alpha value is -2.84. The van der Waals surface area contributed by atoms with Gasteiger partial charge in [0.1, 0.15) is 11.5 Å². The minimum Gasteiger partial charge on any atom is -0.443 e. The highest BCUT2D eigenvalue weighted by atomic mass is 35.5. The van der Waals surface area contributed by atoms with Crippen LogP contribution >= 0.6 is 11.6 Å². The largest absolute Gasteiger partial charge is 0.443 e. The van der Waals surface area contributed by atoms with E-state index in [1.807, 2.05) is 13.8 Å². The molecular formula is C21H24ClN5O3. The van der Waals surface area contributed by atoms with Crippen molar-refractivity contribution in [3.8, 4) is 5.75 Å². The molecule has 2 heterocycles. The number of rotatable bonds is 4. The summed E-state index contributed by atoms with van der Waals surface area (Å²) >= 11 is 6.05. The second kappa shape index (κ2) is 9.32. The fourth-order valence-electron chi connectivity index (χ4n) is 3.33. The van der Waals surface area contributed by atoms with E-state index in [1.54, 1.807) is 37.5 Å². The van der Waals surface area contributed by atoms with Crippen LogP contribution in [0.5, 0.6) is 5.75 Å². The van der Waals surface area contributed by atoms with Crippen molar-refractivity contribution in [2.24, 2.45) is 26.8 Å². The third-order valence-electron chi connectivity index (χ3n) is 5.12. The first-order valence-electron chi connectivity index (χ1n) is 9.57. The summed E-state index contributed by atoms with van der Waals surface area (Å²) in [6.45, 7) is 3.95. The van der Waals surface area contributed by atoms with Crippen molar-refractivity contribution in [2.45, 2.75) is 33.0 Å². The van der Waals surface area contributed by atoms with Crippen molar-refractivity contribution in [3.05, 3.63) is 40.6 Å². The van der Waals surface area contributed by atoms with E-state index in [0.717, 1.165) is 0 Å². The zero-order chi connectivity index (χ0) is 21.8. The number of aliphatic hydroxyl groups excluding tert-OH is 1. The molecule has 3 N–H and O–H groups in total. The van der Waals surface area contributed by atoms with Crippen LogP contribution in [0.1, 0.15) is 26.7 Å². The van der Waals surface area contributed by atoms with E-state index in [0.29, 0.717) is 33.7 Å². The molecular weight excluding hydrogens is 406 g/mol. The zero-order valence-electron chi connectivity index (χ0n) is 17.0. The van der Waals surface area contributed by atoms with E-state index in [-0.39, 0.29) is 30.4 Å². The predicted octanol–water partition coefficient (Wildman–Crippen LogP) is 3.00. The molecule has 0 radical (unpaired) electrons. The molecule has 2 aliphatic heterocycles. The first kappa shape index (κ1) is 21.9. The van der Waals surface area contributed by atoms with Crippen LogP contribution in [-0.2, 0) is 4.79 Å². The minimum atomic E-state index is -1.24. The minimum absolute atomic E-state index is 0.0885. The monoisotopic (exact) mass is 429 g/mol. The number of aliphatic hydroxyl groups is 1. The van der Waals surface area contributed by atoms with E-state index in [1.165, 1.54) is 0 Å². The summed E-state index contributed by atoms with van der Waals surface area (Å²) in [6.07, 6.45) is 0.821. The number of hydrogen-bond donors (Lipinski definition) is 3. The third-order valence-corrected chi connectivity index (χ3v) is 5.36. The van der Waals surface area contributed by atoms with Crippen LogP contribution in [0, 0.1) is 17.2 Å². The van der Waals surface area contributed by atoms with Crippen molar-refractivity contribution < 1.29 is 14.6 Å². The van der Waals surface area contributed by atoms with Crippen molar-refractivity contribution in [2.75, 3.05) is 7.05 Å². The van der Waals surface area contributed by atoms with Gasteiger partial charge in [-0.15, -0.1) is 0 Å². The topological polar surface area (TPSA) is 119 Å². The summed E-state index contributed by atoms with van der Waals surface area (Å²) in [5.74, 6) is 0.277. The second-order valence-corrected chi connectivity index (χ2v) is 7.68. The fraction of sp³-hybridized carbons (Fsp3) is 0.381. The Kier molecular flexibility index (Phi) is 6.79.